The van der Waals surface area contributed by atoms with Gasteiger partial charge in [0.05, 0.1) is 4.90 Å². The molecule has 0 atom stereocenters. The van der Waals surface area contributed by atoms with Gasteiger partial charge in [-0.3, -0.25) is 4.55 Å². The van der Waals surface area contributed by atoms with Crippen LogP contribution >= 0.6 is 12.6 Å². The van der Waals surface area contributed by atoms with Crippen LogP contribution in [0.2, 0.25) is 0 Å². The van der Waals surface area contributed by atoms with Crippen LogP contribution in [0.1, 0.15) is 12.5 Å². The summed E-state index contributed by atoms with van der Waals surface area (Å²) >= 11 is 4.96. The Hall–Kier alpha value is -0.650. The summed E-state index contributed by atoms with van der Waals surface area (Å²) in [6.07, 6.45) is 0.655. The Morgan fingerprint density at radius 2 is 2.08 bits per heavy atom. The maximum atomic E-state index is 10.7. The van der Waals surface area contributed by atoms with E-state index in [1.165, 1.54) is 18.2 Å². The van der Waals surface area contributed by atoms with Gasteiger partial charge in [0.25, 0.3) is 10.1 Å². The van der Waals surface area contributed by atoms with Gasteiger partial charge in [-0.05, 0) is 30.2 Å². The second kappa shape index (κ2) is 3.61. The lowest BCUT2D eigenvalue weighted by Crippen LogP contribution is -1.99. The molecule has 71 valence electrons. The summed E-state index contributed by atoms with van der Waals surface area (Å²) in [5, 5.41) is 0. The van der Waals surface area contributed by atoms with Gasteiger partial charge in [0, 0.05) is 4.90 Å². The first-order chi connectivity index (χ1) is 5.95. The van der Waals surface area contributed by atoms with E-state index in [0.717, 1.165) is 5.56 Å². The van der Waals surface area contributed by atoms with Crippen molar-refractivity contribution in [1.82, 2.24) is 0 Å². The number of hydrogen-bond acceptors (Lipinski definition) is 2. The summed E-state index contributed by atoms with van der Waals surface area (Å²) in [5.41, 5.74) is 0.755. The van der Waals surface area contributed by atoms with Gasteiger partial charge in [0.2, 0.25) is 0 Å². The molecule has 0 aliphatic carbocycles. The van der Waals surface area contributed by atoms with Gasteiger partial charge in [-0.15, -0.1) is 0 Å². The van der Waals surface area contributed by atoms with Gasteiger partial charge < -0.3 is 0 Å². The molecule has 1 aromatic carbocycles. The van der Waals surface area contributed by atoms with E-state index in [2.05, 4.69) is 0 Å². The molecule has 0 heterocycles. The van der Waals surface area contributed by atoms with Gasteiger partial charge in [-0.25, -0.2) is 0 Å². The van der Waals surface area contributed by atoms with Crippen LogP contribution in [0.5, 0.6) is 0 Å². The molecule has 0 amide bonds. The fourth-order valence-electron chi connectivity index (χ4n) is 0.993. The third-order valence-electron chi connectivity index (χ3n) is 1.71. The van der Waals surface area contributed by atoms with Crippen LogP contribution in [0, 0.1) is 0 Å². The minimum atomic E-state index is -4.10. The summed E-state index contributed by atoms with van der Waals surface area (Å²) < 4.78 is 30.2. The largest absolute Gasteiger partial charge is 0.294 e. The van der Waals surface area contributed by atoms with Crippen molar-refractivity contribution in [3.63, 3.8) is 0 Å². The number of hydrogen-bond donors (Lipinski definition) is 1. The van der Waals surface area contributed by atoms with Gasteiger partial charge in [-0.1, -0.05) is 19.6 Å². The van der Waals surface area contributed by atoms with Crippen molar-refractivity contribution in [1.29, 1.82) is 0 Å². The molecule has 0 aromatic heterocycles. The van der Waals surface area contributed by atoms with Crippen LogP contribution in [0.3, 0.4) is 0 Å². The fraction of sp³-hybridized carbons (Fsp3) is 0.250. The van der Waals surface area contributed by atoms with Crippen LogP contribution in [0.25, 0.3) is 0 Å². The van der Waals surface area contributed by atoms with Gasteiger partial charge >= 0.3 is 0 Å². The summed E-state index contributed by atoms with van der Waals surface area (Å²) in [4.78, 5) is 0.521. The lowest BCUT2D eigenvalue weighted by molar-refractivity contribution is 0.483. The summed E-state index contributed by atoms with van der Waals surface area (Å²) in [5.74, 6) is 0. The molecule has 1 radical (unpaired) electrons. The predicted octanol–water partition coefficient (Wildman–Crippen LogP) is 2.05. The molecule has 3 nitrogen and oxygen atoms in total. The second-order valence-corrected chi connectivity index (χ2v) is 4.46. The lowest BCUT2D eigenvalue weighted by Gasteiger charge is -2.02. The molecule has 1 rings (SSSR count). The molecule has 0 aliphatic rings. The zero-order valence-electron chi connectivity index (χ0n) is 7.02. The topological polar surface area (TPSA) is 54.4 Å². The number of aryl methyl sites for hydroxylation is 1. The van der Waals surface area contributed by atoms with Crippen molar-refractivity contribution in [2.24, 2.45) is 0 Å². The molecule has 0 bridgehead atoms. The summed E-state index contributed by atoms with van der Waals surface area (Å²) in [6, 6.07) is 4.21. The molecule has 0 spiro atoms. The highest BCUT2D eigenvalue weighted by atomic mass is 32.2. The van der Waals surface area contributed by atoms with E-state index < -0.39 is 10.1 Å². The quantitative estimate of drug-likeness (QED) is 0.771. The Morgan fingerprint density at radius 3 is 2.54 bits per heavy atom. The zero-order valence-corrected chi connectivity index (χ0v) is 8.65. The molecule has 0 saturated carbocycles. The molecule has 1 N–H and O–H groups in total. The SMILES string of the molecule is CCc1cc(S(=O)(=O)O)ccc1[S]. The van der Waals surface area contributed by atoms with Crippen LogP contribution < -0.4 is 0 Å². The van der Waals surface area contributed by atoms with Gasteiger partial charge in [-0.2, -0.15) is 8.42 Å². The first kappa shape index (κ1) is 10.4. The first-order valence-corrected chi connectivity index (χ1v) is 5.57. The van der Waals surface area contributed by atoms with Gasteiger partial charge in [0.1, 0.15) is 0 Å². The van der Waals surface area contributed by atoms with E-state index in [1.54, 1.807) is 0 Å². The van der Waals surface area contributed by atoms with E-state index in [4.69, 9.17) is 17.2 Å². The van der Waals surface area contributed by atoms with E-state index in [0.29, 0.717) is 11.3 Å². The zero-order chi connectivity index (χ0) is 10.1. The molecule has 0 fully saturated rings. The Bertz CT molecular complexity index is 409. The molecule has 0 unspecified atom stereocenters. The molecular formula is C8H9O3S2. The monoisotopic (exact) mass is 217 g/mol. The smallest absolute Gasteiger partial charge is 0.282 e. The van der Waals surface area contributed by atoms with Crippen molar-refractivity contribution < 1.29 is 13.0 Å². The predicted molar refractivity (Wildman–Crippen MR) is 51.5 cm³/mol. The van der Waals surface area contributed by atoms with Crippen molar-refractivity contribution in [2.45, 2.75) is 23.1 Å². The van der Waals surface area contributed by atoms with E-state index >= 15 is 0 Å². The Labute approximate surface area is 82.9 Å². The third-order valence-corrected chi connectivity index (χ3v) is 2.96. The average Bonchev–Trinajstić information content (AvgIpc) is 2.03. The molecule has 0 saturated heterocycles. The van der Waals surface area contributed by atoms with Crippen molar-refractivity contribution in [3.8, 4) is 0 Å². The maximum Gasteiger partial charge on any atom is 0.294 e. The third kappa shape index (κ3) is 2.40. The highest BCUT2D eigenvalue weighted by molar-refractivity contribution is 7.85. The second-order valence-electron chi connectivity index (χ2n) is 2.60. The molecule has 1 aromatic rings. The Balaban J connectivity index is 3.30. The van der Waals surface area contributed by atoms with Crippen LogP contribution in [0.15, 0.2) is 28.0 Å². The van der Waals surface area contributed by atoms with Crippen molar-refractivity contribution in [2.75, 3.05) is 0 Å². The van der Waals surface area contributed by atoms with Gasteiger partial charge in [0.15, 0.2) is 0 Å². The average molecular weight is 217 g/mol. The van der Waals surface area contributed by atoms with Crippen molar-refractivity contribution in [3.05, 3.63) is 23.8 Å². The molecule has 5 heteroatoms. The van der Waals surface area contributed by atoms with E-state index in [9.17, 15) is 8.42 Å². The highest BCUT2D eigenvalue weighted by Gasteiger charge is 2.10. The maximum absolute atomic E-state index is 10.7. The van der Waals surface area contributed by atoms with Crippen LogP contribution in [-0.2, 0) is 16.5 Å². The highest BCUT2D eigenvalue weighted by Crippen LogP contribution is 2.19. The Kier molecular flexibility index (Phi) is 2.90. The Morgan fingerprint density at radius 1 is 1.46 bits per heavy atom. The molecular weight excluding hydrogens is 208 g/mol. The minimum absolute atomic E-state index is 0.0991. The summed E-state index contributed by atoms with van der Waals surface area (Å²) in [6.45, 7) is 1.87. The fourth-order valence-corrected chi connectivity index (χ4v) is 1.80. The molecule has 13 heavy (non-hydrogen) atoms. The summed E-state index contributed by atoms with van der Waals surface area (Å²) in [7, 11) is -4.10. The number of rotatable bonds is 2. The molecule has 0 aliphatic heterocycles. The van der Waals surface area contributed by atoms with Crippen LogP contribution in [-0.4, -0.2) is 13.0 Å². The number of benzene rings is 1. The van der Waals surface area contributed by atoms with Crippen molar-refractivity contribution >= 4 is 22.7 Å². The van der Waals surface area contributed by atoms with E-state index in [1.807, 2.05) is 6.92 Å². The normalized spacial score (nSPS) is 11.5. The first-order valence-electron chi connectivity index (χ1n) is 3.72. The van der Waals surface area contributed by atoms with E-state index in [-0.39, 0.29) is 4.90 Å². The lowest BCUT2D eigenvalue weighted by atomic mass is 10.2. The minimum Gasteiger partial charge on any atom is -0.282 e. The standard InChI is InChI=1S/C8H9O3S2/c1-2-6-5-7(13(9,10)11)3-4-8(6)12/h3-5H,2H2,1H3,(H,9,10,11). The van der Waals surface area contributed by atoms with Crippen LogP contribution in [0.4, 0.5) is 0 Å².